The third-order valence-electron chi connectivity index (χ3n) is 5.15. The SMILES string of the molecule is COc1ccc(OC[C@H](C)NC(=O)[C@H]2CCCN(S(=O)(=O)c3ccc(Cl)cc3)C2)cc1. The van der Waals surface area contributed by atoms with Crippen LogP contribution < -0.4 is 14.8 Å². The predicted octanol–water partition coefficient (Wildman–Crippen LogP) is 3.33. The fraction of sp³-hybridized carbons (Fsp3) is 0.409. The van der Waals surface area contributed by atoms with Crippen LogP contribution in [0.3, 0.4) is 0 Å². The number of carbonyl (C=O) groups excluding carboxylic acids is 1. The molecule has 2 aromatic carbocycles. The van der Waals surface area contributed by atoms with Crippen LogP contribution in [0, 0.1) is 5.92 Å². The maximum Gasteiger partial charge on any atom is 0.243 e. The van der Waals surface area contributed by atoms with Crippen LogP contribution in [0.4, 0.5) is 0 Å². The summed E-state index contributed by atoms with van der Waals surface area (Å²) in [6.07, 6.45) is 1.27. The summed E-state index contributed by atoms with van der Waals surface area (Å²) in [5, 5.41) is 3.41. The van der Waals surface area contributed by atoms with Crippen molar-refractivity contribution in [2.24, 2.45) is 5.92 Å². The minimum absolute atomic E-state index is 0.156. The molecule has 0 radical (unpaired) electrons. The van der Waals surface area contributed by atoms with Crippen molar-refractivity contribution in [1.29, 1.82) is 0 Å². The van der Waals surface area contributed by atoms with Gasteiger partial charge in [0.2, 0.25) is 15.9 Å². The van der Waals surface area contributed by atoms with E-state index in [1.807, 2.05) is 6.92 Å². The van der Waals surface area contributed by atoms with E-state index in [0.29, 0.717) is 36.8 Å². The maximum absolute atomic E-state index is 12.9. The van der Waals surface area contributed by atoms with Crippen molar-refractivity contribution in [1.82, 2.24) is 9.62 Å². The van der Waals surface area contributed by atoms with E-state index in [9.17, 15) is 13.2 Å². The number of hydrogen-bond acceptors (Lipinski definition) is 5. The zero-order chi connectivity index (χ0) is 22.4. The second-order valence-corrected chi connectivity index (χ2v) is 9.93. The number of amides is 1. The van der Waals surface area contributed by atoms with Crippen molar-refractivity contribution in [2.45, 2.75) is 30.7 Å². The summed E-state index contributed by atoms with van der Waals surface area (Å²) in [5.74, 6) is 0.852. The van der Waals surface area contributed by atoms with Crippen LogP contribution in [0.25, 0.3) is 0 Å². The molecule has 168 valence electrons. The number of nitrogens with one attached hydrogen (secondary N) is 1. The minimum Gasteiger partial charge on any atom is -0.497 e. The monoisotopic (exact) mass is 466 g/mol. The molecule has 0 saturated carbocycles. The molecule has 0 unspecified atom stereocenters. The topological polar surface area (TPSA) is 84.9 Å². The van der Waals surface area contributed by atoms with E-state index in [-0.39, 0.29) is 23.4 Å². The molecule has 1 fully saturated rings. The van der Waals surface area contributed by atoms with E-state index in [4.69, 9.17) is 21.1 Å². The largest absolute Gasteiger partial charge is 0.497 e. The smallest absolute Gasteiger partial charge is 0.243 e. The Kier molecular flexibility index (Phi) is 7.80. The van der Waals surface area contributed by atoms with Crippen LogP contribution in [-0.2, 0) is 14.8 Å². The summed E-state index contributed by atoms with van der Waals surface area (Å²) in [4.78, 5) is 12.9. The number of methoxy groups -OCH3 is 1. The lowest BCUT2D eigenvalue weighted by Gasteiger charge is -2.31. The number of nitrogens with zero attached hydrogens (tertiary/aromatic N) is 1. The van der Waals surface area contributed by atoms with Crippen LogP contribution in [-0.4, -0.2) is 51.5 Å². The lowest BCUT2D eigenvalue weighted by atomic mass is 9.98. The molecule has 0 aliphatic carbocycles. The van der Waals surface area contributed by atoms with Gasteiger partial charge in [0.1, 0.15) is 18.1 Å². The van der Waals surface area contributed by atoms with Gasteiger partial charge in [0, 0.05) is 18.1 Å². The predicted molar refractivity (Wildman–Crippen MR) is 119 cm³/mol. The van der Waals surface area contributed by atoms with Crippen molar-refractivity contribution >= 4 is 27.5 Å². The summed E-state index contributed by atoms with van der Waals surface area (Å²) >= 11 is 5.86. The first-order valence-electron chi connectivity index (χ1n) is 10.1. The van der Waals surface area contributed by atoms with Gasteiger partial charge in [0.15, 0.2) is 0 Å². The lowest BCUT2D eigenvalue weighted by molar-refractivity contribution is -0.126. The number of carbonyl (C=O) groups is 1. The van der Waals surface area contributed by atoms with Gasteiger partial charge in [-0.15, -0.1) is 0 Å². The van der Waals surface area contributed by atoms with Gasteiger partial charge < -0.3 is 14.8 Å². The number of halogens is 1. The normalized spacial score (nSPS) is 18.2. The van der Waals surface area contributed by atoms with E-state index in [0.717, 1.165) is 5.75 Å². The first kappa shape index (κ1) is 23.4. The highest BCUT2D eigenvalue weighted by Crippen LogP contribution is 2.25. The molecule has 3 rings (SSSR count). The van der Waals surface area contributed by atoms with Crippen LogP contribution >= 0.6 is 11.6 Å². The molecule has 1 aliphatic heterocycles. The Morgan fingerprint density at radius 2 is 1.81 bits per heavy atom. The van der Waals surface area contributed by atoms with Gasteiger partial charge in [0.05, 0.1) is 24.0 Å². The molecule has 1 amide bonds. The van der Waals surface area contributed by atoms with Gasteiger partial charge in [0.25, 0.3) is 0 Å². The van der Waals surface area contributed by atoms with Crippen molar-refractivity contribution in [3.8, 4) is 11.5 Å². The number of piperidine rings is 1. The molecule has 1 N–H and O–H groups in total. The molecule has 0 spiro atoms. The van der Waals surface area contributed by atoms with Crippen molar-refractivity contribution in [3.63, 3.8) is 0 Å². The molecule has 31 heavy (non-hydrogen) atoms. The number of rotatable bonds is 8. The average molecular weight is 467 g/mol. The molecule has 2 aromatic rings. The summed E-state index contributed by atoms with van der Waals surface area (Å²) in [7, 11) is -2.07. The Morgan fingerprint density at radius 1 is 1.16 bits per heavy atom. The highest BCUT2D eigenvalue weighted by molar-refractivity contribution is 7.89. The van der Waals surface area contributed by atoms with Crippen LogP contribution in [0.5, 0.6) is 11.5 Å². The van der Waals surface area contributed by atoms with Crippen LogP contribution in [0.15, 0.2) is 53.4 Å². The molecule has 1 heterocycles. The molecule has 7 nitrogen and oxygen atoms in total. The molecule has 0 bridgehead atoms. The molecule has 1 saturated heterocycles. The quantitative estimate of drug-likeness (QED) is 0.645. The third-order valence-corrected chi connectivity index (χ3v) is 7.29. The molecule has 1 aliphatic rings. The fourth-order valence-corrected chi connectivity index (χ4v) is 5.08. The van der Waals surface area contributed by atoms with Gasteiger partial charge in [-0.25, -0.2) is 8.42 Å². The third kappa shape index (κ3) is 6.12. The van der Waals surface area contributed by atoms with E-state index in [2.05, 4.69) is 5.32 Å². The van der Waals surface area contributed by atoms with Crippen LogP contribution in [0.1, 0.15) is 19.8 Å². The van der Waals surface area contributed by atoms with Gasteiger partial charge in [-0.3, -0.25) is 4.79 Å². The Balaban J connectivity index is 1.54. The Morgan fingerprint density at radius 3 is 2.45 bits per heavy atom. The summed E-state index contributed by atoms with van der Waals surface area (Å²) in [6.45, 7) is 2.71. The molecule has 2 atom stereocenters. The van der Waals surface area contributed by atoms with Crippen molar-refractivity contribution in [2.75, 3.05) is 26.8 Å². The zero-order valence-electron chi connectivity index (χ0n) is 17.6. The van der Waals surface area contributed by atoms with E-state index >= 15 is 0 Å². The standard InChI is InChI=1S/C22H27ClN2O5S/c1-16(15-30-20-9-7-19(29-2)8-10-20)24-22(26)17-4-3-13-25(14-17)31(27,28)21-11-5-18(23)6-12-21/h5-12,16-17H,3-4,13-15H2,1-2H3,(H,24,26)/t16-,17-/m0/s1. The van der Waals surface area contributed by atoms with Gasteiger partial charge >= 0.3 is 0 Å². The Hall–Kier alpha value is -2.29. The first-order chi connectivity index (χ1) is 14.8. The number of hydrogen-bond donors (Lipinski definition) is 1. The number of sulfonamides is 1. The Bertz CT molecular complexity index is 980. The fourth-order valence-electron chi connectivity index (χ4n) is 3.43. The van der Waals surface area contributed by atoms with E-state index in [1.54, 1.807) is 43.5 Å². The number of ether oxygens (including phenoxy) is 2. The number of benzene rings is 2. The van der Waals surface area contributed by atoms with Gasteiger partial charge in [-0.1, -0.05) is 11.6 Å². The average Bonchev–Trinajstić information content (AvgIpc) is 2.78. The van der Waals surface area contributed by atoms with Crippen molar-refractivity contribution < 1.29 is 22.7 Å². The maximum atomic E-state index is 12.9. The van der Waals surface area contributed by atoms with Crippen molar-refractivity contribution in [3.05, 3.63) is 53.6 Å². The summed E-state index contributed by atoms with van der Waals surface area (Å²) < 4.78 is 38.0. The Labute approximate surface area is 188 Å². The minimum atomic E-state index is -3.67. The van der Waals surface area contributed by atoms with E-state index < -0.39 is 15.9 Å². The summed E-state index contributed by atoms with van der Waals surface area (Å²) in [6, 6.07) is 13.0. The zero-order valence-corrected chi connectivity index (χ0v) is 19.2. The molecule has 9 heteroatoms. The summed E-state index contributed by atoms with van der Waals surface area (Å²) in [5.41, 5.74) is 0. The molecule has 0 aromatic heterocycles. The van der Waals surface area contributed by atoms with E-state index in [1.165, 1.54) is 16.4 Å². The second-order valence-electron chi connectivity index (χ2n) is 7.55. The first-order valence-corrected chi connectivity index (χ1v) is 11.9. The van der Waals surface area contributed by atoms with Gasteiger partial charge in [-0.2, -0.15) is 4.31 Å². The van der Waals surface area contributed by atoms with Crippen LogP contribution in [0.2, 0.25) is 5.02 Å². The highest BCUT2D eigenvalue weighted by Gasteiger charge is 2.33. The molecular weight excluding hydrogens is 440 g/mol. The molecular formula is C22H27ClN2O5S. The second kappa shape index (κ2) is 10.3. The highest BCUT2D eigenvalue weighted by atomic mass is 35.5. The van der Waals surface area contributed by atoms with Gasteiger partial charge in [-0.05, 0) is 68.3 Å². The lowest BCUT2D eigenvalue weighted by Crippen LogP contribution is -2.48.